The predicted molar refractivity (Wildman–Crippen MR) is 277 cm³/mol. The Kier molecular flexibility index (Phi) is 9.94. The Morgan fingerprint density at radius 2 is 0.585 bits per heavy atom. The molecule has 0 fully saturated rings. The number of benzene rings is 8. The van der Waals surface area contributed by atoms with Crippen molar-refractivity contribution in [3.63, 3.8) is 0 Å². The summed E-state index contributed by atoms with van der Waals surface area (Å²) in [5.74, 6) is 0.975. The maximum Gasteiger partial charge on any atom is 0.217 e. The lowest BCUT2D eigenvalue weighted by atomic mass is 9.19. The van der Waals surface area contributed by atoms with Gasteiger partial charge < -0.3 is 9.80 Å². The number of rotatable bonds is 8. The fourth-order valence-corrected chi connectivity index (χ4v) is 12.3. The van der Waals surface area contributed by atoms with Crippen LogP contribution >= 0.6 is 0 Å². The Bertz CT molecular complexity index is 2780. The topological polar surface area (TPSA) is 6.48 Å². The summed E-state index contributed by atoms with van der Waals surface area (Å²) in [4.78, 5) is 4.71. The quantitative estimate of drug-likeness (QED) is 0.141. The molecule has 2 aliphatic heterocycles. The molecule has 2 aliphatic carbocycles. The fourth-order valence-electron chi connectivity index (χ4n) is 12.3. The highest BCUT2D eigenvalue weighted by Gasteiger charge is 2.61. The molecule has 0 radical (unpaired) electrons. The molecule has 4 atom stereocenters. The zero-order valence-electron chi connectivity index (χ0n) is 36.3. The molecular formula is C61H48B2N2. The van der Waals surface area contributed by atoms with Gasteiger partial charge in [0.15, 0.2) is 0 Å². The van der Waals surface area contributed by atoms with Crippen molar-refractivity contribution >= 4 is 69.4 Å². The molecule has 8 aromatic rings. The monoisotopic (exact) mass is 830 g/mol. The lowest BCUT2D eigenvalue weighted by molar-refractivity contribution is 0.281. The summed E-state index contributed by atoms with van der Waals surface area (Å²) in [6.07, 6.45) is 19.4. The van der Waals surface area contributed by atoms with Crippen LogP contribution < -0.4 is 31.7 Å². The van der Waals surface area contributed by atoms with Crippen LogP contribution in [0.5, 0.6) is 0 Å². The number of allylic oxidation sites excluding steroid dienone is 8. The van der Waals surface area contributed by atoms with Gasteiger partial charge in [-0.2, -0.15) is 0 Å². The van der Waals surface area contributed by atoms with Crippen LogP contribution in [0.2, 0.25) is 11.6 Å². The number of fused-ring (bicyclic) bond motifs is 8. The second-order valence-electron chi connectivity index (χ2n) is 17.9. The smallest absolute Gasteiger partial charge is 0.217 e. The minimum Gasteiger partial charge on any atom is -0.311 e. The van der Waals surface area contributed by atoms with Crippen molar-refractivity contribution in [3.05, 3.63) is 278 Å². The largest absolute Gasteiger partial charge is 0.311 e. The summed E-state index contributed by atoms with van der Waals surface area (Å²) in [5.41, 5.74) is 15.1. The van der Waals surface area contributed by atoms with E-state index >= 15 is 0 Å². The molecule has 4 heteroatoms. The Morgan fingerprint density at radius 1 is 0.292 bits per heavy atom. The van der Waals surface area contributed by atoms with Crippen LogP contribution in [-0.4, -0.2) is 13.4 Å². The zero-order chi connectivity index (χ0) is 43.2. The van der Waals surface area contributed by atoms with Crippen LogP contribution in [0.15, 0.2) is 267 Å². The molecule has 12 rings (SSSR count). The van der Waals surface area contributed by atoms with Crippen molar-refractivity contribution in [2.75, 3.05) is 9.80 Å². The van der Waals surface area contributed by atoms with Crippen molar-refractivity contribution in [2.24, 2.45) is 11.8 Å². The lowest BCUT2D eigenvalue weighted by Gasteiger charge is -2.59. The molecule has 0 N–H and O–H groups in total. The van der Waals surface area contributed by atoms with Gasteiger partial charge in [0.1, 0.15) is 0 Å². The number of nitrogens with zero attached hydrogens (tertiary/aromatic N) is 2. The third kappa shape index (κ3) is 6.50. The van der Waals surface area contributed by atoms with Crippen LogP contribution in [0.1, 0.15) is 11.1 Å². The minimum atomic E-state index is -0.285. The van der Waals surface area contributed by atoms with E-state index in [1.165, 1.54) is 33.0 Å². The molecule has 4 aliphatic rings. The summed E-state index contributed by atoms with van der Waals surface area (Å²) in [6, 6.07) is 80.7. The Balaban J connectivity index is 0.978. The number of anilines is 6. The first kappa shape index (κ1) is 39.1. The van der Waals surface area contributed by atoms with Crippen LogP contribution in [-0.2, 0) is 5.41 Å². The van der Waals surface area contributed by atoms with E-state index < -0.39 is 0 Å². The van der Waals surface area contributed by atoms with Gasteiger partial charge in [0.25, 0.3) is 0 Å². The van der Waals surface area contributed by atoms with Gasteiger partial charge in [-0.3, -0.25) is 0 Å². The third-order valence-electron chi connectivity index (χ3n) is 14.7. The molecule has 0 saturated carbocycles. The first-order valence-corrected chi connectivity index (χ1v) is 23.2. The van der Waals surface area contributed by atoms with Gasteiger partial charge in [0.2, 0.25) is 13.4 Å². The van der Waals surface area contributed by atoms with Crippen molar-refractivity contribution in [2.45, 2.75) is 17.0 Å². The lowest BCUT2D eigenvalue weighted by Crippen LogP contribution is -2.67. The highest BCUT2D eigenvalue weighted by molar-refractivity contribution is 6.88. The Labute approximate surface area is 384 Å². The zero-order valence-corrected chi connectivity index (χ0v) is 36.3. The van der Waals surface area contributed by atoms with Crippen LogP contribution in [0, 0.1) is 11.8 Å². The third-order valence-corrected chi connectivity index (χ3v) is 14.7. The molecular weight excluding hydrogens is 782 g/mol. The number of para-hydroxylation sites is 4. The molecule has 0 bridgehead atoms. The van der Waals surface area contributed by atoms with Gasteiger partial charge in [-0.1, -0.05) is 216 Å². The molecule has 2 heterocycles. The Morgan fingerprint density at radius 3 is 0.938 bits per heavy atom. The molecule has 2 nitrogen and oxygen atoms in total. The van der Waals surface area contributed by atoms with E-state index in [1.807, 2.05) is 0 Å². The maximum atomic E-state index is 2.56. The van der Waals surface area contributed by atoms with E-state index in [0.29, 0.717) is 0 Å². The summed E-state index contributed by atoms with van der Waals surface area (Å²) < 4.78 is 0. The van der Waals surface area contributed by atoms with Gasteiger partial charge in [-0.25, -0.2) is 0 Å². The van der Waals surface area contributed by atoms with Crippen molar-refractivity contribution in [3.8, 4) is 0 Å². The summed E-state index contributed by atoms with van der Waals surface area (Å²) >= 11 is 0. The molecule has 8 aromatic carbocycles. The molecule has 0 saturated heterocycles. The Hall–Kier alpha value is -7.55. The summed E-state index contributed by atoms with van der Waals surface area (Å²) in [7, 11) is 0. The van der Waals surface area contributed by atoms with E-state index in [2.05, 4.69) is 277 Å². The van der Waals surface area contributed by atoms with E-state index in [4.69, 9.17) is 0 Å². The average Bonchev–Trinajstić information content (AvgIpc) is 3.38. The highest BCUT2D eigenvalue weighted by Crippen LogP contribution is 2.60. The number of hydrogen-bond acceptors (Lipinski definition) is 2. The van der Waals surface area contributed by atoms with Gasteiger partial charge in [-0.15, -0.1) is 0 Å². The SMILES string of the molecule is C1=CC2B(c3ccc(N(c4ccccc4)c4ccccc4)cc3)c3ccccc3C3(c4ccccc4B(c4ccc(N(c5ccccc5)c5ccccc5)cc4)C4C=CC=CC43)C2C=C1. The summed E-state index contributed by atoms with van der Waals surface area (Å²) in [6.45, 7) is 0.380. The first-order valence-electron chi connectivity index (χ1n) is 23.2. The van der Waals surface area contributed by atoms with Crippen molar-refractivity contribution in [1.82, 2.24) is 0 Å². The van der Waals surface area contributed by atoms with Crippen molar-refractivity contribution < 1.29 is 0 Å². The fraction of sp³-hybridized carbons (Fsp3) is 0.0820. The van der Waals surface area contributed by atoms with E-state index in [0.717, 1.165) is 34.1 Å². The highest BCUT2D eigenvalue weighted by atomic mass is 15.1. The molecule has 0 aromatic heterocycles. The standard InChI is InChI=1S/C61H48B2N2/c1-5-21-47(22-6-1)64(48-23-7-2-8-24-48)51-41-37-45(38-42-51)62-57-33-17-13-29-53(57)61(54-30-14-18-34-58(54)62)55-31-15-19-35-59(55)63(60-36-20-16-32-56(60)61)46-39-43-52(44-40-46)65(49-25-9-3-10-26-49)50-27-11-4-12-28-50/h1-44,53,55,57,59H. The predicted octanol–water partition coefficient (Wildman–Crippen LogP) is 12.4. The first-order chi connectivity index (χ1) is 32.3. The van der Waals surface area contributed by atoms with Gasteiger partial charge in [0.05, 0.1) is 0 Å². The second-order valence-corrected chi connectivity index (χ2v) is 17.9. The van der Waals surface area contributed by atoms with Gasteiger partial charge in [-0.05, 0) is 107 Å². The van der Waals surface area contributed by atoms with Crippen molar-refractivity contribution in [1.29, 1.82) is 0 Å². The second kappa shape index (κ2) is 16.5. The van der Waals surface area contributed by atoms with E-state index in [1.54, 1.807) is 0 Å². The normalized spacial score (nSPS) is 21.0. The van der Waals surface area contributed by atoms with Crippen LogP contribution in [0.25, 0.3) is 0 Å². The molecule has 308 valence electrons. The minimum absolute atomic E-state index is 0.190. The van der Waals surface area contributed by atoms with Crippen LogP contribution in [0.4, 0.5) is 34.1 Å². The maximum absolute atomic E-state index is 2.56. The molecule has 4 unspecified atom stereocenters. The average molecular weight is 831 g/mol. The molecule has 0 amide bonds. The van der Waals surface area contributed by atoms with E-state index in [9.17, 15) is 0 Å². The summed E-state index contributed by atoms with van der Waals surface area (Å²) in [5, 5.41) is 0. The molecule has 65 heavy (non-hydrogen) atoms. The number of hydrogen-bond donors (Lipinski definition) is 0. The van der Waals surface area contributed by atoms with Gasteiger partial charge in [0, 0.05) is 39.5 Å². The molecule has 1 spiro atoms. The van der Waals surface area contributed by atoms with E-state index in [-0.39, 0.29) is 42.3 Å². The van der Waals surface area contributed by atoms with Gasteiger partial charge >= 0.3 is 0 Å². The van der Waals surface area contributed by atoms with Crippen LogP contribution in [0.3, 0.4) is 0 Å².